The highest BCUT2D eigenvalue weighted by Gasteiger charge is 2.12. The van der Waals surface area contributed by atoms with E-state index in [9.17, 15) is 0 Å². The Kier molecular flexibility index (Phi) is 2.29. The maximum absolute atomic E-state index is 5.59. The van der Waals surface area contributed by atoms with Crippen LogP contribution in [0.15, 0.2) is 18.2 Å². The molecule has 0 saturated heterocycles. The third-order valence-electron chi connectivity index (χ3n) is 2.25. The van der Waals surface area contributed by atoms with Gasteiger partial charge in [-0.15, -0.1) is 11.3 Å². The van der Waals surface area contributed by atoms with E-state index in [1.54, 1.807) is 11.3 Å². The summed E-state index contributed by atoms with van der Waals surface area (Å²) in [6, 6.07) is 6.17. The summed E-state index contributed by atoms with van der Waals surface area (Å²) < 4.78 is 0. The van der Waals surface area contributed by atoms with Gasteiger partial charge < -0.3 is 5.73 Å². The van der Waals surface area contributed by atoms with Crippen LogP contribution in [-0.2, 0) is 0 Å². The van der Waals surface area contributed by atoms with Crippen molar-refractivity contribution in [2.75, 3.05) is 5.73 Å². The average molecular weight is 207 g/mol. The van der Waals surface area contributed by atoms with Gasteiger partial charge in [0.05, 0.1) is 5.69 Å². The van der Waals surface area contributed by atoms with Crippen LogP contribution in [0.2, 0.25) is 0 Å². The first-order chi connectivity index (χ1) is 6.66. The van der Waals surface area contributed by atoms with Crippen LogP contribution >= 0.6 is 11.3 Å². The van der Waals surface area contributed by atoms with Crippen LogP contribution in [0.5, 0.6) is 0 Å². The summed E-state index contributed by atoms with van der Waals surface area (Å²) in [4.78, 5) is 2.66. The molecule has 0 fully saturated rings. The smallest absolute Gasteiger partial charge is 0.119 e. The second-order valence-electron chi connectivity index (χ2n) is 3.42. The Morgan fingerprint density at radius 1 is 1.50 bits per heavy atom. The first kappa shape index (κ1) is 9.27. The zero-order valence-corrected chi connectivity index (χ0v) is 9.06. The molecule has 3 N–H and O–H groups in total. The normalized spacial score (nSPS) is 13.0. The van der Waals surface area contributed by atoms with E-state index in [0.717, 1.165) is 5.69 Å². The summed E-state index contributed by atoms with van der Waals surface area (Å²) in [5.41, 5.74) is 6.59. The van der Waals surface area contributed by atoms with Crippen LogP contribution in [-0.4, -0.2) is 10.2 Å². The topological polar surface area (TPSA) is 54.7 Å². The fourth-order valence-electron chi connectivity index (χ4n) is 1.41. The molecule has 0 bridgehead atoms. The van der Waals surface area contributed by atoms with Crippen molar-refractivity contribution >= 4 is 17.2 Å². The quantitative estimate of drug-likeness (QED) is 0.795. The number of nitrogen functional groups attached to an aromatic ring is 1. The van der Waals surface area contributed by atoms with Crippen LogP contribution in [0.3, 0.4) is 0 Å². The Morgan fingerprint density at radius 2 is 2.29 bits per heavy atom. The van der Waals surface area contributed by atoms with Gasteiger partial charge in [-0.1, -0.05) is 6.92 Å². The Bertz CT molecular complexity index is 390. The van der Waals surface area contributed by atoms with Crippen LogP contribution in [0.4, 0.5) is 5.82 Å². The number of aromatic amines is 1. The zero-order valence-electron chi connectivity index (χ0n) is 8.24. The Labute approximate surface area is 87.0 Å². The highest BCUT2D eigenvalue weighted by Crippen LogP contribution is 2.29. The molecule has 4 heteroatoms. The van der Waals surface area contributed by atoms with Crippen LogP contribution < -0.4 is 5.73 Å². The molecule has 0 aliphatic carbocycles. The van der Waals surface area contributed by atoms with Crippen molar-refractivity contribution in [1.29, 1.82) is 0 Å². The van der Waals surface area contributed by atoms with Gasteiger partial charge in [0.1, 0.15) is 5.82 Å². The van der Waals surface area contributed by atoms with Gasteiger partial charge in [-0.2, -0.15) is 5.10 Å². The number of rotatable bonds is 2. The van der Waals surface area contributed by atoms with Crippen molar-refractivity contribution in [1.82, 2.24) is 10.2 Å². The average Bonchev–Trinajstić information content (AvgIpc) is 2.73. The minimum absolute atomic E-state index is 0.322. The molecule has 0 aromatic carbocycles. The predicted octanol–water partition coefficient (Wildman–Crippen LogP) is 2.51. The van der Waals surface area contributed by atoms with Crippen molar-refractivity contribution in [3.8, 4) is 0 Å². The summed E-state index contributed by atoms with van der Waals surface area (Å²) >= 11 is 1.81. The maximum Gasteiger partial charge on any atom is 0.119 e. The molecule has 2 rings (SSSR count). The number of nitrogens with two attached hydrogens (primary N) is 1. The van der Waals surface area contributed by atoms with E-state index in [1.807, 2.05) is 6.07 Å². The molecule has 1 unspecified atom stereocenters. The number of hydrogen-bond donors (Lipinski definition) is 2. The third-order valence-corrected chi connectivity index (χ3v) is 3.43. The lowest BCUT2D eigenvalue weighted by atomic mass is 10.1. The predicted molar refractivity (Wildman–Crippen MR) is 59.6 cm³/mol. The number of nitrogens with zero attached hydrogens (tertiary/aromatic N) is 1. The molecular weight excluding hydrogens is 194 g/mol. The highest BCUT2D eigenvalue weighted by atomic mass is 32.1. The van der Waals surface area contributed by atoms with E-state index in [2.05, 4.69) is 36.2 Å². The van der Waals surface area contributed by atoms with E-state index in [0.29, 0.717) is 11.7 Å². The molecular formula is C10H13N3S. The molecule has 0 aliphatic rings. The number of anilines is 1. The number of H-pyrrole nitrogens is 1. The second kappa shape index (κ2) is 3.46. The first-order valence-electron chi connectivity index (χ1n) is 4.54. The highest BCUT2D eigenvalue weighted by molar-refractivity contribution is 7.12. The fraction of sp³-hybridized carbons (Fsp3) is 0.300. The van der Waals surface area contributed by atoms with Crippen molar-refractivity contribution in [3.05, 3.63) is 33.6 Å². The molecule has 14 heavy (non-hydrogen) atoms. The van der Waals surface area contributed by atoms with Crippen LogP contribution in [0, 0.1) is 6.92 Å². The first-order valence-corrected chi connectivity index (χ1v) is 5.35. The van der Waals surface area contributed by atoms with Crippen molar-refractivity contribution in [2.45, 2.75) is 19.8 Å². The van der Waals surface area contributed by atoms with Crippen molar-refractivity contribution in [2.24, 2.45) is 0 Å². The van der Waals surface area contributed by atoms with Gasteiger partial charge in [0.25, 0.3) is 0 Å². The van der Waals surface area contributed by atoms with E-state index in [1.165, 1.54) is 9.75 Å². The number of thiophene rings is 1. The SMILES string of the molecule is Cc1ccc(C(C)c2cc(N)[nH]n2)s1. The number of aryl methyl sites for hydroxylation is 1. The number of aromatic nitrogens is 2. The second-order valence-corrected chi connectivity index (χ2v) is 4.74. The van der Waals surface area contributed by atoms with Gasteiger partial charge in [-0.25, -0.2) is 0 Å². The molecule has 3 nitrogen and oxygen atoms in total. The molecule has 2 aromatic rings. The monoisotopic (exact) mass is 207 g/mol. The molecule has 74 valence electrons. The minimum atomic E-state index is 0.322. The molecule has 0 spiro atoms. The van der Waals surface area contributed by atoms with Crippen LogP contribution in [0.1, 0.15) is 28.3 Å². The third kappa shape index (κ3) is 1.65. The molecule has 1 atom stereocenters. The molecule has 2 aromatic heterocycles. The number of nitrogens with one attached hydrogen (secondary N) is 1. The summed E-state index contributed by atoms with van der Waals surface area (Å²) in [6.07, 6.45) is 0. The number of hydrogen-bond acceptors (Lipinski definition) is 3. The lowest BCUT2D eigenvalue weighted by molar-refractivity contribution is 0.871. The zero-order chi connectivity index (χ0) is 10.1. The Morgan fingerprint density at radius 3 is 2.79 bits per heavy atom. The minimum Gasteiger partial charge on any atom is -0.384 e. The van der Waals surface area contributed by atoms with Gasteiger partial charge in [-0.05, 0) is 19.1 Å². The van der Waals surface area contributed by atoms with Gasteiger partial charge in [0.15, 0.2) is 0 Å². The lowest BCUT2D eigenvalue weighted by Crippen LogP contribution is -1.92. The van der Waals surface area contributed by atoms with E-state index < -0.39 is 0 Å². The molecule has 2 heterocycles. The Balaban J connectivity index is 2.28. The van der Waals surface area contributed by atoms with Crippen molar-refractivity contribution in [3.63, 3.8) is 0 Å². The van der Waals surface area contributed by atoms with Gasteiger partial charge in [0, 0.05) is 21.7 Å². The van der Waals surface area contributed by atoms with Crippen molar-refractivity contribution < 1.29 is 0 Å². The molecule has 0 radical (unpaired) electrons. The molecule has 0 saturated carbocycles. The fourth-order valence-corrected chi connectivity index (χ4v) is 2.35. The van der Waals surface area contributed by atoms with E-state index in [4.69, 9.17) is 5.73 Å². The summed E-state index contributed by atoms with van der Waals surface area (Å²) in [6.45, 7) is 4.25. The largest absolute Gasteiger partial charge is 0.384 e. The van der Waals surface area contributed by atoms with Gasteiger partial charge in [0.2, 0.25) is 0 Å². The molecule has 0 amide bonds. The van der Waals surface area contributed by atoms with Gasteiger partial charge >= 0.3 is 0 Å². The van der Waals surface area contributed by atoms with E-state index in [-0.39, 0.29) is 0 Å². The summed E-state index contributed by atoms with van der Waals surface area (Å²) in [5, 5.41) is 6.92. The van der Waals surface area contributed by atoms with E-state index >= 15 is 0 Å². The maximum atomic E-state index is 5.59. The Hall–Kier alpha value is -1.29. The summed E-state index contributed by atoms with van der Waals surface area (Å²) in [5.74, 6) is 0.947. The summed E-state index contributed by atoms with van der Waals surface area (Å²) in [7, 11) is 0. The molecule has 0 aliphatic heterocycles. The lowest BCUT2D eigenvalue weighted by Gasteiger charge is -2.03. The van der Waals surface area contributed by atoms with Crippen LogP contribution in [0.25, 0.3) is 0 Å². The standard InChI is InChI=1S/C10H13N3S/c1-6-3-4-9(14-6)7(2)8-5-10(11)13-12-8/h3-5,7H,1-2H3,(H3,11,12,13). The van der Waals surface area contributed by atoms with Gasteiger partial charge in [-0.3, -0.25) is 5.10 Å².